The van der Waals surface area contributed by atoms with Gasteiger partial charge in [-0.15, -0.1) is 0 Å². The predicted molar refractivity (Wildman–Crippen MR) is 83.1 cm³/mol. The van der Waals surface area contributed by atoms with Crippen LogP contribution in [-0.2, 0) is 6.42 Å². The Morgan fingerprint density at radius 1 is 1.14 bits per heavy atom. The van der Waals surface area contributed by atoms with Gasteiger partial charge >= 0.3 is 0 Å². The molecule has 0 saturated heterocycles. The number of aromatic nitrogens is 2. The Morgan fingerprint density at radius 2 is 1.90 bits per heavy atom. The van der Waals surface area contributed by atoms with Crippen LogP contribution in [0.4, 0.5) is 0 Å². The smallest absolute Gasteiger partial charge is 0.231 e. The molecule has 4 nitrogen and oxygen atoms in total. The lowest BCUT2D eigenvalue weighted by molar-refractivity contribution is 0.385. The molecule has 1 N–H and O–H groups in total. The number of halogens is 1. The van der Waals surface area contributed by atoms with E-state index in [1.165, 1.54) is 0 Å². The summed E-state index contributed by atoms with van der Waals surface area (Å²) in [6, 6.07) is 12.9. The van der Waals surface area contributed by atoms with Gasteiger partial charge < -0.3 is 9.63 Å². The van der Waals surface area contributed by atoms with E-state index in [0.717, 1.165) is 21.2 Å². The summed E-state index contributed by atoms with van der Waals surface area (Å²) < 4.78 is 6.33. The maximum absolute atomic E-state index is 9.27. The van der Waals surface area contributed by atoms with Gasteiger partial charge in [0.05, 0.1) is 6.42 Å². The Morgan fingerprint density at radius 3 is 2.62 bits per heavy atom. The second-order valence-electron chi connectivity index (χ2n) is 4.81. The summed E-state index contributed by atoms with van der Waals surface area (Å²) in [4.78, 5) is 4.43. The molecule has 0 radical (unpaired) electrons. The summed E-state index contributed by atoms with van der Waals surface area (Å²) in [6.45, 7) is 2.01. The monoisotopic (exact) mass is 344 g/mol. The van der Waals surface area contributed by atoms with Gasteiger partial charge in [-0.2, -0.15) is 4.98 Å². The third-order valence-electron chi connectivity index (χ3n) is 3.19. The predicted octanol–water partition coefficient (Wildman–Crippen LogP) is 4.10. The van der Waals surface area contributed by atoms with Crippen LogP contribution in [0.1, 0.15) is 17.0 Å². The van der Waals surface area contributed by atoms with Gasteiger partial charge in [-0.1, -0.05) is 33.2 Å². The molecule has 0 aliphatic rings. The van der Waals surface area contributed by atoms with Gasteiger partial charge in [-0.25, -0.2) is 0 Å². The van der Waals surface area contributed by atoms with Crippen molar-refractivity contribution in [2.45, 2.75) is 13.3 Å². The van der Waals surface area contributed by atoms with E-state index in [4.69, 9.17) is 4.52 Å². The number of aromatic hydroxyl groups is 1. The van der Waals surface area contributed by atoms with Gasteiger partial charge in [-0.3, -0.25) is 0 Å². The molecule has 5 heteroatoms. The summed E-state index contributed by atoms with van der Waals surface area (Å²) in [5.74, 6) is 1.39. The molecule has 1 aromatic heterocycles. The van der Waals surface area contributed by atoms with Crippen molar-refractivity contribution < 1.29 is 9.63 Å². The van der Waals surface area contributed by atoms with Gasteiger partial charge in [0, 0.05) is 10.0 Å². The molecule has 0 bridgehead atoms. The minimum atomic E-state index is 0.246. The largest absolute Gasteiger partial charge is 0.508 e. The van der Waals surface area contributed by atoms with Crippen LogP contribution in [0.2, 0.25) is 0 Å². The fourth-order valence-electron chi connectivity index (χ4n) is 2.10. The van der Waals surface area contributed by atoms with E-state index in [9.17, 15) is 5.11 Å². The second kappa shape index (κ2) is 5.69. The molecule has 3 aromatic rings. The van der Waals surface area contributed by atoms with E-state index >= 15 is 0 Å². The molecule has 0 unspecified atom stereocenters. The van der Waals surface area contributed by atoms with Crippen molar-refractivity contribution in [2.75, 3.05) is 0 Å². The van der Waals surface area contributed by atoms with E-state index in [-0.39, 0.29) is 5.75 Å². The maximum atomic E-state index is 9.27. The third-order valence-corrected chi connectivity index (χ3v) is 3.68. The van der Waals surface area contributed by atoms with E-state index in [0.29, 0.717) is 18.1 Å². The number of benzene rings is 2. The maximum Gasteiger partial charge on any atom is 0.231 e. The van der Waals surface area contributed by atoms with E-state index in [2.05, 4.69) is 26.1 Å². The zero-order valence-electron chi connectivity index (χ0n) is 11.4. The standard InChI is InChI=1S/C16H13BrN2O2/c1-10-8-12(17)4-7-14(10)16-18-15(21-19-16)9-11-2-5-13(20)6-3-11/h2-8,20H,9H2,1H3. The zero-order chi connectivity index (χ0) is 14.8. The first kappa shape index (κ1) is 13.8. The summed E-state index contributed by atoms with van der Waals surface area (Å²) in [7, 11) is 0. The summed E-state index contributed by atoms with van der Waals surface area (Å²) in [5.41, 5.74) is 3.05. The van der Waals surface area contributed by atoms with Gasteiger partial charge in [0.1, 0.15) is 5.75 Å². The van der Waals surface area contributed by atoms with Crippen LogP contribution in [-0.4, -0.2) is 15.2 Å². The molecule has 2 aromatic carbocycles. The molecule has 0 atom stereocenters. The Labute approximate surface area is 130 Å². The highest BCUT2D eigenvalue weighted by atomic mass is 79.9. The van der Waals surface area contributed by atoms with Crippen molar-refractivity contribution in [3.63, 3.8) is 0 Å². The average Bonchev–Trinajstić information content (AvgIpc) is 2.90. The number of aryl methyl sites for hydroxylation is 1. The molecule has 21 heavy (non-hydrogen) atoms. The van der Waals surface area contributed by atoms with Crippen LogP contribution in [0.15, 0.2) is 51.5 Å². The number of nitrogens with zero attached hydrogens (tertiary/aromatic N) is 2. The number of hydrogen-bond acceptors (Lipinski definition) is 4. The lowest BCUT2D eigenvalue weighted by Gasteiger charge is -2.00. The molecule has 0 spiro atoms. The summed E-state index contributed by atoms with van der Waals surface area (Å²) in [6.07, 6.45) is 0.544. The molecule has 3 rings (SSSR count). The van der Waals surface area contributed by atoms with Crippen LogP contribution in [0.3, 0.4) is 0 Å². The molecule has 0 aliphatic heterocycles. The van der Waals surface area contributed by atoms with Crippen LogP contribution < -0.4 is 0 Å². The van der Waals surface area contributed by atoms with Crippen LogP contribution in [0.5, 0.6) is 5.75 Å². The number of phenolic OH excluding ortho intramolecular Hbond substituents is 1. The van der Waals surface area contributed by atoms with Crippen molar-refractivity contribution in [3.8, 4) is 17.1 Å². The minimum absolute atomic E-state index is 0.246. The Balaban J connectivity index is 1.84. The molecular weight excluding hydrogens is 332 g/mol. The fraction of sp³-hybridized carbons (Fsp3) is 0.125. The van der Waals surface area contributed by atoms with Gasteiger partial charge in [0.25, 0.3) is 0 Å². The zero-order valence-corrected chi connectivity index (χ0v) is 13.0. The van der Waals surface area contributed by atoms with E-state index in [1.54, 1.807) is 12.1 Å². The summed E-state index contributed by atoms with van der Waals surface area (Å²) >= 11 is 3.44. The SMILES string of the molecule is Cc1cc(Br)ccc1-c1noc(Cc2ccc(O)cc2)n1. The van der Waals surface area contributed by atoms with Crippen molar-refractivity contribution >= 4 is 15.9 Å². The van der Waals surface area contributed by atoms with Crippen LogP contribution in [0, 0.1) is 6.92 Å². The number of hydrogen-bond donors (Lipinski definition) is 1. The van der Waals surface area contributed by atoms with Crippen molar-refractivity contribution in [3.05, 3.63) is 64.0 Å². The topological polar surface area (TPSA) is 59.2 Å². The van der Waals surface area contributed by atoms with Gasteiger partial charge in [0.2, 0.25) is 11.7 Å². The normalized spacial score (nSPS) is 10.8. The first-order valence-corrected chi connectivity index (χ1v) is 7.28. The van der Waals surface area contributed by atoms with Crippen molar-refractivity contribution in [1.29, 1.82) is 0 Å². The highest BCUT2D eigenvalue weighted by Crippen LogP contribution is 2.24. The average molecular weight is 345 g/mol. The van der Waals surface area contributed by atoms with Crippen LogP contribution in [0.25, 0.3) is 11.4 Å². The lowest BCUT2D eigenvalue weighted by Crippen LogP contribution is -1.89. The van der Waals surface area contributed by atoms with Crippen molar-refractivity contribution in [1.82, 2.24) is 10.1 Å². The highest BCUT2D eigenvalue weighted by molar-refractivity contribution is 9.10. The third kappa shape index (κ3) is 3.13. The Hall–Kier alpha value is -2.14. The van der Waals surface area contributed by atoms with Crippen molar-refractivity contribution in [2.24, 2.45) is 0 Å². The molecule has 0 aliphatic carbocycles. The van der Waals surface area contributed by atoms with E-state index in [1.807, 2.05) is 37.3 Å². The van der Waals surface area contributed by atoms with E-state index < -0.39 is 0 Å². The first-order valence-electron chi connectivity index (χ1n) is 6.49. The first-order chi connectivity index (χ1) is 10.1. The molecular formula is C16H13BrN2O2. The van der Waals surface area contributed by atoms with Gasteiger partial charge in [-0.05, 0) is 48.4 Å². The Kier molecular flexibility index (Phi) is 3.75. The van der Waals surface area contributed by atoms with Gasteiger partial charge in [0.15, 0.2) is 0 Å². The minimum Gasteiger partial charge on any atom is -0.508 e. The molecule has 0 amide bonds. The summed E-state index contributed by atoms with van der Waals surface area (Å²) in [5, 5.41) is 13.3. The molecule has 1 heterocycles. The number of phenols is 1. The fourth-order valence-corrected chi connectivity index (χ4v) is 2.58. The molecule has 0 saturated carbocycles. The van der Waals surface area contributed by atoms with Crippen LogP contribution >= 0.6 is 15.9 Å². The second-order valence-corrected chi connectivity index (χ2v) is 5.73. The molecule has 106 valence electrons. The highest BCUT2D eigenvalue weighted by Gasteiger charge is 2.11. The quantitative estimate of drug-likeness (QED) is 0.776. The lowest BCUT2D eigenvalue weighted by atomic mass is 10.1. The number of rotatable bonds is 3. The molecule has 0 fully saturated rings. The Bertz CT molecular complexity index is 766.